The number of anilines is 1. The van der Waals surface area contributed by atoms with Gasteiger partial charge >= 0.3 is 0 Å². The van der Waals surface area contributed by atoms with Gasteiger partial charge < -0.3 is 10.1 Å². The lowest BCUT2D eigenvalue weighted by atomic mass is 10.1. The van der Waals surface area contributed by atoms with Crippen LogP contribution in [-0.2, 0) is 11.4 Å². The van der Waals surface area contributed by atoms with Gasteiger partial charge in [0.05, 0.1) is 3.57 Å². The Morgan fingerprint density at radius 3 is 2.71 bits per heavy atom. The van der Waals surface area contributed by atoms with Crippen LogP contribution in [0.15, 0.2) is 66.2 Å². The van der Waals surface area contributed by atoms with Crippen molar-refractivity contribution in [2.24, 2.45) is 0 Å². The monoisotopic (exact) mass is 546 g/mol. The third-order valence-electron chi connectivity index (χ3n) is 4.35. The SMILES string of the molecule is Cc1ccc(NC(=O)/C(C#N)=C\c2ccc(OCc3cccc(F)c3)c(I)c2)cc1Cl. The number of rotatable bonds is 6. The lowest BCUT2D eigenvalue weighted by Gasteiger charge is -2.09. The molecule has 1 amide bonds. The molecule has 0 bridgehead atoms. The van der Waals surface area contributed by atoms with Gasteiger partial charge in [-0.3, -0.25) is 4.79 Å². The minimum absolute atomic E-state index is 0.0408. The van der Waals surface area contributed by atoms with E-state index in [9.17, 15) is 14.4 Å². The van der Waals surface area contributed by atoms with E-state index in [2.05, 4.69) is 27.9 Å². The van der Waals surface area contributed by atoms with Crippen LogP contribution in [0.3, 0.4) is 0 Å². The van der Waals surface area contributed by atoms with E-state index < -0.39 is 5.91 Å². The van der Waals surface area contributed by atoms with Gasteiger partial charge in [0.1, 0.15) is 29.8 Å². The van der Waals surface area contributed by atoms with Gasteiger partial charge in [-0.25, -0.2) is 4.39 Å². The van der Waals surface area contributed by atoms with Crippen molar-refractivity contribution in [1.29, 1.82) is 5.26 Å². The molecule has 0 saturated carbocycles. The Hall–Kier alpha value is -2.89. The lowest BCUT2D eigenvalue weighted by molar-refractivity contribution is -0.112. The fourth-order valence-corrected chi connectivity index (χ4v) is 3.57. The van der Waals surface area contributed by atoms with Gasteiger partial charge in [-0.15, -0.1) is 0 Å². The summed E-state index contributed by atoms with van der Waals surface area (Å²) in [6.45, 7) is 2.09. The molecule has 0 aromatic heterocycles. The fourth-order valence-electron chi connectivity index (χ4n) is 2.70. The molecule has 3 aromatic carbocycles. The normalized spacial score (nSPS) is 11.0. The molecule has 0 aliphatic heterocycles. The molecule has 3 aromatic rings. The Balaban J connectivity index is 1.71. The second-order valence-electron chi connectivity index (χ2n) is 6.70. The van der Waals surface area contributed by atoms with Crippen LogP contribution in [0.4, 0.5) is 10.1 Å². The topological polar surface area (TPSA) is 62.1 Å². The zero-order valence-electron chi connectivity index (χ0n) is 16.5. The summed E-state index contributed by atoms with van der Waals surface area (Å²) in [7, 11) is 0. The first-order valence-electron chi connectivity index (χ1n) is 9.22. The summed E-state index contributed by atoms with van der Waals surface area (Å²) in [5, 5.41) is 12.6. The molecule has 1 N–H and O–H groups in total. The number of aryl methyl sites for hydroxylation is 1. The predicted octanol–water partition coefficient (Wildman–Crippen LogP) is 6.52. The minimum atomic E-state index is -0.524. The van der Waals surface area contributed by atoms with Crippen LogP contribution in [0.5, 0.6) is 5.75 Å². The number of hydrogen-bond acceptors (Lipinski definition) is 3. The highest BCUT2D eigenvalue weighted by Gasteiger charge is 2.11. The van der Waals surface area contributed by atoms with Gasteiger partial charge in [0.25, 0.3) is 5.91 Å². The summed E-state index contributed by atoms with van der Waals surface area (Å²) in [6, 6.07) is 18.6. The van der Waals surface area contributed by atoms with Crippen LogP contribution in [0.1, 0.15) is 16.7 Å². The van der Waals surface area contributed by atoms with Crippen LogP contribution in [0.25, 0.3) is 6.08 Å². The molecule has 0 aliphatic carbocycles. The summed E-state index contributed by atoms with van der Waals surface area (Å²) in [6.07, 6.45) is 1.50. The highest BCUT2D eigenvalue weighted by atomic mass is 127. The number of benzene rings is 3. The number of nitrogens with one attached hydrogen (secondary N) is 1. The molecule has 0 atom stereocenters. The van der Waals surface area contributed by atoms with Crippen molar-refractivity contribution >= 4 is 51.9 Å². The number of carbonyl (C=O) groups excluding carboxylic acids is 1. The highest BCUT2D eigenvalue weighted by Crippen LogP contribution is 2.25. The largest absolute Gasteiger partial charge is 0.488 e. The second kappa shape index (κ2) is 10.4. The predicted molar refractivity (Wildman–Crippen MR) is 128 cm³/mol. The zero-order chi connectivity index (χ0) is 22.4. The molecule has 0 aliphatic rings. The molecular formula is C24H17ClFIN2O2. The molecule has 0 spiro atoms. The van der Waals surface area contributed by atoms with Crippen LogP contribution in [0.2, 0.25) is 5.02 Å². The van der Waals surface area contributed by atoms with Gasteiger partial charge in [0.15, 0.2) is 0 Å². The van der Waals surface area contributed by atoms with Crippen molar-refractivity contribution in [3.63, 3.8) is 0 Å². The number of ether oxygens (including phenoxy) is 1. The van der Waals surface area contributed by atoms with Gasteiger partial charge in [0, 0.05) is 10.7 Å². The summed E-state index contributed by atoms with van der Waals surface area (Å²) < 4.78 is 19.8. The maximum atomic E-state index is 13.3. The summed E-state index contributed by atoms with van der Waals surface area (Å²) >= 11 is 8.19. The first kappa shape index (κ1) is 22.8. The molecule has 3 rings (SSSR count). The summed E-state index contributed by atoms with van der Waals surface area (Å²) in [4.78, 5) is 12.5. The molecule has 156 valence electrons. The third kappa shape index (κ3) is 6.29. The van der Waals surface area contributed by atoms with Crippen LogP contribution in [-0.4, -0.2) is 5.91 Å². The molecule has 0 heterocycles. The second-order valence-corrected chi connectivity index (χ2v) is 8.27. The van der Waals surface area contributed by atoms with Gasteiger partial charge in [-0.05, 0) is 88.7 Å². The van der Waals surface area contributed by atoms with E-state index in [-0.39, 0.29) is 18.0 Å². The van der Waals surface area contributed by atoms with E-state index in [4.69, 9.17) is 16.3 Å². The van der Waals surface area contributed by atoms with Crippen molar-refractivity contribution in [1.82, 2.24) is 0 Å². The molecule has 0 radical (unpaired) electrons. The fraction of sp³-hybridized carbons (Fsp3) is 0.0833. The van der Waals surface area contributed by atoms with E-state index >= 15 is 0 Å². The van der Waals surface area contributed by atoms with Gasteiger partial charge in [0.2, 0.25) is 0 Å². The van der Waals surface area contributed by atoms with Crippen molar-refractivity contribution in [2.45, 2.75) is 13.5 Å². The van der Waals surface area contributed by atoms with Crippen molar-refractivity contribution in [2.75, 3.05) is 5.32 Å². The Labute approximate surface area is 198 Å². The number of nitrogens with zero attached hydrogens (tertiary/aromatic N) is 1. The Kier molecular flexibility index (Phi) is 7.66. The molecular weight excluding hydrogens is 530 g/mol. The first-order valence-corrected chi connectivity index (χ1v) is 10.7. The Morgan fingerprint density at radius 1 is 1.23 bits per heavy atom. The maximum absolute atomic E-state index is 13.3. The average molecular weight is 547 g/mol. The summed E-state index contributed by atoms with van der Waals surface area (Å²) in [5.74, 6) is -0.213. The van der Waals surface area contributed by atoms with Crippen LogP contribution in [0, 0.1) is 27.6 Å². The number of nitriles is 1. The van der Waals surface area contributed by atoms with E-state index in [0.29, 0.717) is 22.0 Å². The van der Waals surface area contributed by atoms with Gasteiger partial charge in [-0.2, -0.15) is 5.26 Å². The molecule has 0 fully saturated rings. The van der Waals surface area contributed by atoms with Crippen molar-refractivity contribution in [3.05, 3.63) is 97.3 Å². The molecule has 4 nitrogen and oxygen atoms in total. The standard InChI is InChI=1S/C24H17ClFIN2O2/c1-15-5-7-20(12-21(15)25)29-24(30)18(13-28)9-16-6-8-23(22(27)11-16)31-14-17-3-2-4-19(26)10-17/h2-12H,14H2,1H3,(H,29,30)/b18-9-. The number of carbonyl (C=O) groups is 1. The number of amides is 1. The van der Waals surface area contributed by atoms with E-state index in [0.717, 1.165) is 14.7 Å². The Morgan fingerprint density at radius 2 is 2.03 bits per heavy atom. The third-order valence-corrected chi connectivity index (χ3v) is 5.60. The maximum Gasteiger partial charge on any atom is 0.266 e. The lowest BCUT2D eigenvalue weighted by Crippen LogP contribution is -2.13. The number of hydrogen-bond donors (Lipinski definition) is 1. The first-order chi connectivity index (χ1) is 14.9. The molecule has 0 saturated heterocycles. The number of halogens is 3. The van der Waals surface area contributed by atoms with Crippen LogP contribution >= 0.6 is 34.2 Å². The van der Waals surface area contributed by atoms with E-state index in [1.54, 1.807) is 48.5 Å². The van der Waals surface area contributed by atoms with E-state index in [1.165, 1.54) is 18.2 Å². The average Bonchev–Trinajstić information content (AvgIpc) is 2.74. The highest BCUT2D eigenvalue weighted by molar-refractivity contribution is 14.1. The van der Waals surface area contributed by atoms with Crippen molar-refractivity contribution in [3.8, 4) is 11.8 Å². The molecule has 7 heteroatoms. The van der Waals surface area contributed by atoms with Gasteiger partial charge in [-0.1, -0.05) is 35.9 Å². The Bertz CT molecular complexity index is 1200. The quantitative estimate of drug-likeness (QED) is 0.218. The summed E-state index contributed by atoms with van der Waals surface area (Å²) in [5.41, 5.74) is 2.76. The molecule has 31 heavy (non-hydrogen) atoms. The zero-order valence-corrected chi connectivity index (χ0v) is 19.4. The molecule has 0 unspecified atom stereocenters. The van der Waals surface area contributed by atoms with Crippen molar-refractivity contribution < 1.29 is 13.9 Å². The minimum Gasteiger partial charge on any atom is -0.488 e. The smallest absolute Gasteiger partial charge is 0.266 e. The van der Waals surface area contributed by atoms with Crippen LogP contribution < -0.4 is 10.1 Å². The van der Waals surface area contributed by atoms with E-state index in [1.807, 2.05) is 13.0 Å².